The molecule has 0 aliphatic carbocycles. The highest BCUT2D eigenvalue weighted by molar-refractivity contribution is 6.31. The molecule has 1 radical (unpaired) electrons. The lowest BCUT2D eigenvalue weighted by Gasteiger charge is -2.13. The van der Waals surface area contributed by atoms with Gasteiger partial charge in [0.1, 0.15) is 0 Å². The van der Waals surface area contributed by atoms with Crippen molar-refractivity contribution in [1.82, 2.24) is 0 Å². The van der Waals surface area contributed by atoms with Crippen molar-refractivity contribution in [3.8, 4) is 11.1 Å². The van der Waals surface area contributed by atoms with Crippen LogP contribution in [0, 0.1) is 19.9 Å². The van der Waals surface area contributed by atoms with Crippen LogP contribution in [-0.2, 0) is 6.18 Å². The van der Waals surface area contributed by atoms with E-state index in [2.05, 4.69) is 6.07 Å². The molecule has 0 nitrogen and oxygen atoms in total. The average molecular weight is 284 g/mol. The summed E-state index contributed by atoms with van der Waals surface area (Å²) in [5.74, 6) is 0. The number of benzene rings is 2. The zero-order chi connectivity index (χ0) is 14.2. The van der Waals surface area contributed by atoms with Crippen LogP contribution in [0.5, 0.6) is 0 Å². The number of rotatable bonds is 1. The molecule has 0 aromatic heterocycles. The maximum absolute atomic E-state index is 12.9. The summed E-state index contributed by atoms with van der Waals surface area (Å²) in [6, 6.07) is 10.5. The number of aryl methyl sites for hydroxylation is 1. The molecule has 0 unspecified atom stereocenters. The molecule has 0 amide bonds. The average Bonchev–Trinajstić information content (AvgIpc) is 2.32. The second-order valence-corrected chi connectivity index (χ2v) is 4.74. The van der Waals surface area contributed by atoms with Crippen LogP contribution in [0.3, 0.4) is 0 Å². The van der Waals surface area contributed by atoms with Crippen LogP contribution in [-0.4, -0.2) is 0 Å². The molecule has 0 aliphatic heterocycles. The molecule has 0 aliphatic rings. The van der Waals surface area contributed by atoms with E-state index in [1.54, 1.807) is 31.2 Å². The van der Waals surface area contributed by atoms with Crippen molar-refractivity contribution in [2.24, 2.45) is 0 Å². The van der Waals surface area contributed by atoms with Crippen LogP contribution in [0.1, 0.15) is 16.7 Å². The molecule has 2 rings (SSSR count). The molecule has 0 fully saturated rings. The predicted octanol–water partition coefficient (Wildman–Crippen LogP) is 5.44. The third-order valence-corrected chi connectivity index (χ3v) is 3.44. The summed E-state index contributed by atoms with van der Waals surface area (Å²) >= 11 is 5.99. The molecule has 0 N–H and O–H groups in total. The SMILES string of the molecule is Cc1[c]cc(-c2cccc(Cl)c2C)cc1C(F)(F)F. The van der Waals surface area contributed by atoms with E-state index in [-0.39, 0.29) is 5.56 Å². The van der Waals surface area contributed by atoms with Gasteiger partial charge in [-0.15, -0.1) is 0 Å². The van der Waals surface area contributed by atoms with Crippen LogP contribution in [0.4, 0.5) is 13.2 Å². The van der Waals surface area contributed by atoms with Gasteiger partial charge in [-0.1, -0.05) is 23.7 Å². The summed E-state index contributed by atoms with van der Waals surface area (Å²) in [5, 5.41) is 0.534. The maximum atomic E-state index is 12.9. The Labute approximate surface area is 114 Å². The first-order valence-corrected chi connectivity index (χ1v) is 6.03. The summed E-state index contributed by atoms with van der Waals surface area (Å²) in [4.78, 5) is 0. The first kappa shape index (κ1) is 13.9. The second kappa shape index (κ2) is 4.89. The summed E-state index contributed by atoms with van der Waals surface area (Å²) in [7, 11) is 0. The highest BCUT2D eigenvalue weighted by Crippen LogP contribution is 2.36. The van der Waals surface area contributed by atoms with Crippen molar-refractivity contribution >= 4 is 11.6 Å². The Balaban J connectivity index is 2.62. The fourth-order valence-corrected chi connectivity index (χ4v) is 2.11. The van der Waals surface area contributed by atoms with Crippen molar-refractivity contribution in [2.45, 2.75) is 20.0 Å². The second-order valence-electron chi connectivity index (χ2n) is 4.34. The highest BCUT2D eigenvalue weighted by atomic mass is 35.5. The van der Waals surface area contributed by atoms with Gasteiger partial charge in [-0.2, -0.15) is 13.2 Å². The van der Waals surface area contributed by atoms with Gasteiger partial charge >= 0.3 is 6.18 Å². The lowest BCUT2D eigenvalue weighted by Crippen LogP contribution is -2.07. The van der Waals surface area contributed by atoms with E-state index >= 15 is 0 Å². The molecule has 0 atom stereocenters. The largest absolute Gasteiger partial charge is 0.416 e. The minimum Gasteiger partial charge on any atom is -0.166 e. The molecule has 19 heavy (non-hydrogen) atoms. The summed E-state index contributed by atoms with van der Waals surface area (Å²) in [5.41, 5.74) is 1.35. The third-order valence-electron chi connectivity index (χ3n) is 3.03. The van der Waals surface area contributed by atoms with Crippen molar-refractivity contribution in [2.75, 3.05) is 0 Å². The van der Waals surface area contributed by atoms with E-state index in [4.69, 9.17) is 11.6 Å². The molecule has 2 aromatic rings. The van der Waals surface area contributed by atoms with Gasteiger partial charge in [0, 0.05) is 5.02 Å². The molecule has 4 heteroatoms. The normalized spacial score (nSPS) is 11.7. The Hall–Kier alpha value is -1.48. The number of halogens is 4. The van der Waals surface area contributed by atoms with Crippen molar-refractivity contribution < 1.29 is 13.2 Å². The summed E-state index contributed by atoms with van der Waals surface area (Å²) in [6.45, 7) is 3.18. The molecule has 2 aromatic carbocycles. The Morgan fingerprint density at radius 1 is 1.16 bits per heavy atom. The summed E-state index contributed by atoms with van der Waals surface area (Å²) < 4.78 is 38.6. The lowest BCUT2D eigenvalue weighted by molar-refractivity contribution is -0.138. The molecular formula is C15H11ClF3. The van der Waals surface area contributed by atoms with E-state index in [0.717, 1.165) is 11.6 Å². The highest BCUT2D eigenvalue weighted by Gasteiger charge is 2.32. The van der Waals surface area contributed by atoms with Gasteiger partial charge in [-0.25, -0.2) is 0 Å². The topological polar surface area (TPSA) is 0 Å². The van der Waals surface area contributed by atoms with Gasteiger partial charge in [0.05, 0.1) is 5.56 Å². The Morgan fingerprint density at radius 2 is 1.84 bits per heavy atom. The Kier molecular flexibility index (Phi) is 3.59. The first-order chi connectivity index (χ1) is 8.80. The van der Waals surface area contributed by atoms with Gasteiger partial charge in [0.25, 0.3) is 0 Å². The van der Waals surface area contributed by atoms with Crippen LogP contribution in [0.25, 0.3) is 11.1 Å². The van der Waals surface area contributed by atoms with Gasteiger partial charge in [0.2, 0.25) is 0 Å². The number of hydrogen-bond donors (Lipinski definition) is 0. The molecular weight excluding hydrogens is 273 g/mol. The Morgan fingerprint density at radius 3 is 2.47 bits per heavy atom. The van der Waals surface area contributed by atoms with Crippen LogP contribution in [0.2, 0.25) is 5.02 Å². The minimum absolute atomic E-state index is 0.0935. The van der Waals surface area contributed by atoms with Gasteiger partial charge < -0.3 is 0 Å². The van der Waals surface area contributed by atoms with E-state index < -0.39 is 11.7 Å². The van der Waals surface area contributed by atoms with Crippen LogP contribution >= 0.6 is 11.6 Å². The summed E-state index contributed by atoms with van der Waals surface area (Å²) in [6.07, 6.45) is -4.37. The fraction of sp³-hybridized carbons (Fsp3) is 0.200. The number of hydrogen-bond acceptors (Lipinski definition) is 0. The van der Waals surface area contributed by atoms with Crippen molar-refractivity contribution in [1.29, 1.82) is 0 Å². The monoisotopic (exact) mass is 283 g/mol. The van der Waals surface area contributed by atoms with E-state index in [1.807, 2.05) is 0 Å². The predicted molar refractivity (Wildman–Crippen MR) is 70.2 cm³/mol. The van der Waals surface area contributed by atoms with Gasteiger partial charge in [-0.3, -0.25) is 0 Å². The Bertz CT molecular complexity index is 615. The standard InChI is InChI=1S/C15H11ClF3/c1-9-6-7-11(8-13(9)15(17,18)19)12-4-3-5-14(16)10(12)2/h3-5,7-8H,1-2H3. The molecule has 0 heterocycles. The zero-order valence-electron chi connectivity index (χ0n) is 10.4. The molecule has 0 saturated carbocycles. The minimum atomic E-state index is -4.37. The molecule has 0 saturated heterocycles. The van der Waals surface area contributed by atoms with Crippen molar-refractivity contribution in [3.05, 3.63) is 58.1 Å². The van der Waals surface area contributed by atoms with E-state index in [0.29, 0.717) is 16.1 Å². The van der Waals surface area contributed by atoms with E-state index in [9.17, 15) is 13.2 Å². The van der Waals surface area contributed by atoms with Gasteiger partial charge in [-0.05, 0) is 60.4 Å². The molecule has 99 valence electrons. The van der Waals surface area contributed by atoms with Gasteiger partial charge in [0.15, 0.2) is 0 Å². The van der Waals surface area contributed by atoms with Crippen LogP contribution in [0.15, 0.2) is 30.3 Å². The number of alkyl halides is 3. The molecule has 0 spiro atoms. The zero-order valence-corrected chi connectivity index (χ0v) is 11.2. The lowest BCUT2D eigenvalue weighted by atomic mass is 9.96. The first-order valence-electron chi connectivity index (χ1n) is 5.65. The van der Waals surface area contributed by atoms with E-state index in [1.165, 1.54) is 6.92 Å². The molecule has 0 bridgehead atoms. The van der Waals surface area contributed by atoms with Crippen molar-refractivity contribution in [3.63, 3.8) is 0 Å². The van der Waals surface area contributed by atoms with Crippen LogP contribution < -0.4 is 0 Å². The third kappa shape index (κ3) is 2.76. The smallest absolute Gasteiger partial charge is 0.166 e. The quantitative estimate of drug-likeness (QED) is 0.653. The maximum Gasteiger partial charge on any atom is 0.416 e. The fourth-order valence-electron chi connectivity index (χ4n) is 1.94.